The number of nitrogens with zero attached hydrogens (tertiary/aromatic N) is 2. The number of thiazole rings is 1. The Morgan fingerprint density at radius 3 is 3.06 bits per heavy atom. The molecule has 1 fully saturated rings. The maximum atomic E-state index is 12.0. The van der Waals surface area contributed by atoms with E-state index in [1.807, 2.05) is 5.38 Å². The van der Waals surface area contributed by atoms with E-state index >= 15 is 0 Å². The molecule has 1 aliphatic heterocycles. The van der Waals surface area contributed by atoms with Crippen molar-refractivity contribution in [2.45, 2.75) is 31.8 Å². The maximum absolute atomic E-state index is 12.0. The number of carbonyl (C=O) groups excluding carboxylic acids is 1. The lowest BCUT2D eigenvalue weighted by Gasteiger charge is -2.31. The van der Waals surface area contributed by atoms with Crippen LogP contribution >= 0.6 is 11.3 Å². The number of carboxylic acids is 1. The van der Waals surface area contributed by atoms with Gasteiger partial charge in [-0.1, -0.05) is 0 Å². The highest BCUT2D eigenvalue weighted by molar-refractivity contribution is 7.09. The molecule has 1 aliphatic rings. The van der Waals surface area contributed by atoms with Crippen LogP contribution in [0.25, 0.3) is 0 Å². The molecular weight excluding hydrogens is 254 g/mol. The van der Waals surface area contributed by atoms with E-state index in [9.17, 15) is 14.7 Å². The number of aliphatic carboxylic acids is 1. The van der Waals surface area contributed by atoms with Crippen molar-refractivity contribution in [2.24, 2.45) is 0 Å². The zero-order valence-corrected chi connectivity index (χ0v) is 10.9. The second-order valence-electron chi connectivity index (χ2n) is 4.42. The molecule has 0 radical (unpaired) electrons. The lowest BCUT2D eigenvalue weighted by Crippen LogP contribution is -2.53. The van der Waals surface area contributed by atoms with E-state index in [-0.39, 0.29) is 6.03 Å². The van der Waals surface area contributed by atoms with Crippen LogP contribution in [0.15, 0.2) is 11.6 Å². The van der Waals surface area contributed by atoms with Crippen molar-refractivity contribution >= 4 is 23.3 Å². The van der Waals surface area contributed by atoms with Gasteiger partial charge in [0, 0.05) is 18.1 Å². The van der Waals surface area contributed by atoms with Gasteiger partial charge in [0.15, 0.2) is 0 Å². The van der Waals surface area contributed by atoms with Crippen LogP contribution in [0.2, 0.25) is 0 Å². The lowest BCUT2D eigenvalue weighted by molar-refractivity contribution is -0.147. The number of carbonyl (C=O) groups is 2. The first kappa shape index (κ1) is 12.8. The normalized spacial score (nSPS) is 23.1. The third kappa shape index (κ3) is 2.31. The lowest BCUT2D eigenvalue weighted by atomic mass is 10.00. The molecule has 98 valence electrons. The zero-order chi connectivity index (χ0) is 13.2. The summed E-state index contributed by atoms with van der Waals surface area (Å²) in [6, 6.07) is -0.340. The first-order valence-electron chi connectivity index (χ1n) is 5.71. The predicted molar refractivity (Wildman–Crippen MR) is 66.3 cm³/mol. The molecule has 0 spiro atoms. The van der Waals surface area contributed by atoms with Crippen LogP contribution in [0.5, 0.6) is 0 Å². The summed E-state index contributed by atoms with van der Waals surface area (Å²) in [5.41, 5.74) is -1.09. The van der Waals surface area contributed by atoms with Gasteiger partial charge in [-0.15, -0.1) is 11.3 Å². The summed E-state index contributed by atoms with van der Waals surface area (Å²) in [7, 11) is 0. The first-order chi connectivity index (χ1) is 8.54. The Labute approximate surface area is 109 Å². The molecule has 1 aromatic heterocycles. The van der Waals surface area contributed by atoms with E-state index in [0.717, 1.165) is 5.01 Å². The summed E-state index contributed by atoms with van der Waals surface area (Å²) in [5, 5.41) is 14.6. The number of amides is 2. The second-order valence-corrected chi connectivity index (χ2v) is 5.40. The Kier molecular flexibility index (Phi) is 3.51. The van der Waals surface area contributed by atoms with Gasteiger partial charge in [-0.05, 0) is 19.8 Å². The van der Waals surface area contributed by atoms with E-state index in [0.29, 0.717) is 25.9 Å². The van der Waals surface area contributed by atoms with Crippen molar-refractivity contribution < 1.29 is 14.7 Å². The fraction of sp³-hybridized carbons (Fsp3) is 0.545. The quantitative estimate of drug-likeness (QED) is 0.866. The van der Waals surface area contributed by atoms with E-state index in [1.165, 1.54) is 16.2 Å². The number of hydrogen-bond donors (Lipinski definition) is 2. The molecule has 0 aromatic carbocycles. The SMILES string of the molecule is CC1(C(=O)O)CCCN1C(=O)NCc1nccs1. The molecular formula is C11H15N3O3S. The molecule has 0 bridgehead atoms. The van der Waals surface area contributed by atoms with Gasteiger partial charge in [-0.2, -0.15) is 0 Å². The van der Waals surface area contributed by atoms with Gasteiger partial charge in [-0.3, -0.25) is 0 Å². The Balaban J connectivity index is 1.98. The number of nitrogens with one attached hydrogen (secondary N) is 1. The summed E-state index contributed by atoms with van der Waals surface area (Å²) >= 11 is 1.45. The topological polar surface area (TPSA) is 82.5 Å². The van der Waals surface area contributed by atoms with Gasteiger partial charge in [0.2, 0.25) is 0 Å². The largest absolute Gasteiger partial charge is 0.480 e. The first-order valence-corrected chi connectivity index (χ1v) is 6.59. The highest BCUT2D eigenvalue weighted by Gasteiger charge is 2.45. The predicted octanol–water partition coefficient (Wildman–Crippen LogP) is 1.29. The van der Waals surface area contributed by atoms with Crippen LogP contribution in [0.1, 0.15) is 24.8 Å². The number of likely N-dealkylation sites (tertiary alicyclic amines) is 1. The van der Waals surface area contributed by atoms with Gasteiger partial charge in [-0.25, -0.2) is 14.6 Å². The number of carboxylic acid groups (broad SMARTS) is 1. The van der Waals surface area contributed by atoms with Crippen molar-refractivity contribution in [1.29, 1.82) is 0 Å². The van der Waals surface area contributed by atoms with E-state index in [2.05, 4.69) is 10.3 Å². The third-order valence-corrected chi connectivity index (χ3v) is 4.00. The second kappa shape index (κ2) is 4.93. The number of aromatic nitrogens is 1. The highest BCUT2D eigenvalue weighted by Crippen LogP contribution is 2.29. The Morgan fingerprint density at radius 2 is 2.44 bits per heavy atom. The minimum atomic E-state index is -1.09. The summed E-state index contributed by atoms with van der Waals surface area (Å²) in [4.78, 5) is 28.7. The fourth-order valence-corrected chi connectivity index (χ4v) is 2.65. The van der Waals surface area contributed by atoms with Gasteiger partial charge in [0.05, 0.1) is 6.54 Å². The van der Waals surface area contributed by atoms with Crippen molar-refractivity contribution in [3.8, 4) is 0 Å². The summed E-state index contributed by atoms with van der Waals surface area (Å²) in [5.74, 6) is -0.954. The summed E-state index contributed by atoms with van der Waals surface area (Å²) in [6.45, 7) is 2.40. The molecule has 2 N–H and O–H groups in total. The Hall–Kier alpha value is -1.63. The molecule has 1 atom stereocenters. The van der Waals surface area contributed by atoms with Crippen molar-refractivity contribution in [1.82, 2.24) is 15.2 Å². The van der Waals surface area contributed by atoms with Crippen LogP contribution in [-0.4, -0.2) is 39.1 Å². The van der Waals surface area contributed by atoms with Crippen LogP contribution in [0, 0.1) is 0 Å². The molecule has 7 heteroatoms. The van der Waals surface area contributed by atoms with Crippen LogP contribution in [0.3, 0.4) is 0 Å². The summed E-state index contributed by atoms with van der Waals surface area (Å²) in [6.07, 6.45) is 2.88. The zero-order valence-electron chi connectivity index (χ0n) is 10.0. The fourth-order valence-electron chi connectivity index (χ4n) is 2.10. The van der Waals surface area contributed by atoms with E-state index in [4.69, 9.17) is 0 Å². The molecule has 6 nitrogen and oxygen atoms in total. The molecule has 2 amide bonds. The standard InChI is InChI=1S/C11H15N3O3S/c1-11(9(15)16)3-2-5-14(11)10(17)13-7-8-12-4-6-18-8/h4,6H,2-3,5,7H2,1H3,(H,13,17)(H,15,16). The smallest absolute Gasteiger partial charge is 0.329 e. The van der Waals surface area contributed by atoms with Gasteiger partial charge >= 0.3 is 12.0 Å². The molecule has 0 saturated carbocycles. The van der Waals surface area contributed by atoms with Crippen molar-refractivity contribution in [2.75, 3.05) is 6.54 Å². The Bertz CT molecular complexity index is 448. The molecule has 2 rings (SSSR count). The van der Waals surface area contributed by atoms with Gasteiger partial charge in [0.25, 0.3) is 0 Å². The number of rotatable bonds is 3. The minimum Gasteiger partial charge on any atom is -0.480 e. The van der Waals surface area contributed by atoms with Crippen LogP contribution < -0.4 is 5.32 Å². The molecule has 2 heterocycles. The Morgan fingerprint density at radius 1 is 1.67 bits per heavy atom. The summed E-state index contributed by atoms with van der Waals surface area (Å²) < 4.78 is 0. The number of urea groups is 1. The van der Waals surface area contributed by atoms with Gasteiger partial charge in [0.1, 0.15) is 10.5 Å². The van der Waals surface area contributed by atoms with Crippen LogP contribution in [0.4, 0.5) is 4.79 Å². The van der Waals surface area contributed by atoms with Crippen molar-refractivity contribution in [3.63, 3.8) is 0 Å². The maximum Gasteiger partial charge on any atom is 0.329 e. The van der Waals surface area contributed by atoms with Crippen molar-refractivity contribution in [3.05, 3.63) is 16.6 Å². The molecule has 18 heavy (non-hydrogen) atoms. The minimum absolute atomic E-state index is 0.336. The van der Waals surface area contributed by atoms with E-state index in [1.54, 1.807) is 13.1 Å². The van der Waals surface area contributed by atoms with Gasteiger partial charge < -0.3 is 15.3 Å². The molecule has 1 aromatic rings. The third-order valence-electron chi connectivity index (χ3n) is 3.22. The molecule has 1 unspecified atom stereocenters. The average molecular weight is 269 g/mol. The number of hydrogen-bond acceptors (Lipinski definition) is 4. The van der Waals surface area contributed by atoms with E-state index < -0.39 is 11.5 Å². The molecule has 0 aliphatic carbocycles. The van der Waals surface area contributed by atoms with Crippen LogP contribution in [-0.2, 0) is 11.3 Å². The monoisotopic (exact) mass is 269 g/mol. The average Bonchev–Trinajstić information content (AvgIpc) is 2.95. The highest BCUT2D eigenvalue weighted by atomic mass is 32.1. The molecule has 1 saturated heterocycles.